The Bertz CT molecular complexity index is 490. The van der Waals surface area contributed by atoms with E-state index in [9.17, 15) is 9.90 Å². The number of carboxylic acid groups (broad SMARTS) is 1. The predicted molar refractivity (Wildman–Crippen MR) is 77.7 cm³/mol. The molecule has 20 heavy (non-hydrogen) atoms. The van der Waals surface area contributed by atoms with Crippen molar-refractivity contribution >= 4 is 5.97 Å². The molecule has 1 aliphatic rings. The molecule has 2 rings (SSSR count). The van der Waals surface area contributed by atoms with Gasteiger partial charge in [-0.2, -0.15) is 5.10 Å². The standard InChI is InChI=1S/C15H25N3O2/c1-10-15(11(2)17(4)16-10)12(3)18(9-14(19)20)13-7-5-6-8-13/h12-13H,5-9H2,1-4H3,(H,19,20). The maximum absolute atomic E-state index is 11.2. The van der Waals surface area contributed by atoms with Crippen molar-refractivity contribution in [1.29, 1.82) is 0 Å². The van der Waals surface area contributed by atoms with Gasteiger partial charge in [-0.1, -0.05) is 12.8 Å². The average molecular weight is 279 g/mol. The van der Waals surface area contributed by atoms with Crippen molar-refractivity contribution in [3.8, 4) is 0 Å². The van der Waals surface area contributed by atoms with E-state index in [1.807, 2.05) is 18.7 Å². The lowest BCUT2D eigenvalue weighted by atomic mass is 10.0. The number of carbonyl (C=O) groups is 1. The molecule has 0 aliphatic heterocycles. The quantitative estimate of drug-likeness (QED) is 0.899. The van der Waals surface area contributed by atoms with Crippen LogP contribution >= 0.6 is 0 Å². The van der Waals surface area contributed by atoms with Gasteiger partial charge >= 0.3 is 5.97 Å². The first-order chi connectivity index (χ1) is 9.41. The van der Waals surface area contributed by atoms with E-state index in [0.29, 0.717) is 6.04 Å². The first-order valence-electron chi connectivity index (χ1n) is 7.39. The fraction of sp³-hybridized carbons (Fsp3) is 0.733. The van der Waals surface area contributed by atoms with Crippen LogP contribution in [0.5, 0.6) is 0 Å². The van der Waals surface area contributed by atoms with Crippen molar-refractivity contribution in [2.24, 2.45) is 7.05 Å². The second-order valence-corrected chi connectivity index (χ2v) is 5.89. The smallest absolute Gasteiger partial charge is 0.317 e. The molecule has 0 spiro atoms. The van der Waals surface area contributed by atoms with Crippen molar-refractivity contribution in [3.63, 3.8) is 0 Å². The number of rotatable bonds is 5. The number of hydrogen-bond donors (Lipinski definition) is 1. The second-order valence-electron chi connectivity index (χ2n) is 5.89. The summed E-state index contributed by atoms with van der Waals surface area (Å²) in [4.78, 5) is 13.4. The zero-order valence-corrected chi connectivity index (χ0v) is 12.9. The average Bonchev–Trinajstić information content (AvgIpc) is 2.96. The van der Waals surface area contributed by atoms with E-state index in [2.05, 4.69) is 23.8 Å². The number of hydrogen-bond acceptors (Lipinski definition) is 3. The molecular formula is C15H25N3O2. The third-order valence-corrected chi connectivity index (χ3v) is 4.59. The van der Waals surface area contributed by atoms with Crippen LogP contribution in [0.25, 0.3) is 0 Å². The molecule has 0 bridgehead atoms. The van der Waals surface area contributed by atoms with Gasteiger partial charge in [0, 0.05) is 30.4 Å². The molecule has 1 N–H and O–H groups in total. The molecule has 0 saturated heterocycles. The summed E-state index contributed by atoms with van der Waals surface area (Å²) < 4.78 is 1.88. The SMILES string of the molecule is Cc1nn(C)c(C)c1C(C)N(CC(=O)O)C1CCCC1. The van der Waals surface area contributed by atoms with Gasteiger partial charge in [-0.3, -0.25) is 14.4 Å². The van der Waals surface area contributed by atoms with Crippen LogP contribution in [0.1, 0.15) is 55.6 Å². The summed E-state index contributed by atoms with van der Waals surface area (Å²) in [6, 6.07) is 0.489. The third-order valence-electron chi connectivity index (χ3n) is 4.59. The Morgan fingerprint density at radius 1 is 1.45 bits per heavy atom. The van der Waals surface area contributed by atoms with E-state index in [-0.39, 0.29) is 12.6 Å². The van der Waals surface area contributed by atoms with E-state index in [1.54, 1.807) is 0 Å². The van der Waals surface area contributed by atoms with Gasteiger partial charge in [0.15, 0.2) is 0 Å². The molecule has 0 radical (unpaired) electrons. The lowest BCUT2D eigenvalue weighted by molar-refractivity contribution is -0.139. The summed E-state index contributed by atoms with van der Waals surface area (Å²) in [6.45, 7) is 6.28. The maximum atomic E-state index is 11.2. The van der Waals surface area contributed by atoms with E-state index in [4.69, 9.17) is 0 Å². The van der Waals surface area contributed by atoms with Crippen molar-refractivity contribution in [1.82, 2.24) is 14.7 Å². The van der Waals surface area contributed by atoms with Gasteiger partial charge in [-0.25, -0.2) is 0 Å². The van der Waals surface area contributed by atoms with E-state index in [1.165, 1.54) is 18.4 Å². The van der Waals surface area contributed by atoms with Crippen molar-refractivity contribution < 1.29 is 9.90 Å². The van der Waals surface area contributed by atoms with Gasteiger partial charge in [-0.15, -0.1) is 0 Å². The minimum Gasteiger partial charge on any atom is -0.480 e. The van der Waals surface area contributed by atoms with Gasteiger partial charge in [0.2, 0.25) is 0 Å². The summed E-state index contributed by atoms with van der Waals surface area (Å²) in [5, 5.41) is 13.7. The molecule has 1 unspecified atom stereocenters. The molecular weight excluding hydrogens is 254 g/mol. The lowest BCUT2D eigenvalue weighted by Crippen LogP contribution is -2.39. The topological polar surface area (TPSA) is 58.4 Å². The highest BCUT2D eigenvalue weighted by molar-refractivity contribution is 5.69. The molecule has 112 valence electrons. The van der Waals surface area contributed by atoms with Crippen LogP contribution in [0.15, 0.2) is 0 Å². The van der Waals surface area contributed by atoms with Crippen molar-refractivity contribution in [2.75, 3.05) is 6.54 Å². The predicted octanol–water partition coefficient (Wildman–Crippen LogP) is 2.43. The molecule has 1 saturated carbocycles. The molecule has 1 fully saturated rings. The lowest BCUT2D eigenvalue weighted by Gasteiger charge is -2.33. The zero-order valence-electron chi connectivity index (χ0n) is 12.9. The normalized spacial score (nSPS) is 17.9. The van der Waals surface area contributed by atoms with Gasteiger partial charge in [0.1, 0.15) is 0 Å². The molecule has 1 atom stereocenters. The van der Waals surface area contributed by atoms with Gasteiger partial charge < -0.3 is 5.11 Å². The number of carboxylic acids is 1. The van der Waals surface area contributed by atoms with Gasteiger partial charge in [-0.05, 0) is 33.6 Å². The van der Waals surface area contributed by atoms with E-state index >= 15 is 0 Å². The Balaban J connectivity index is 2.29. The Kier molecular flexibility index (Phi) is 4.48. The second kappa shape index (κ2) is 5.95. The summed E-state index contributed by atoms with van der Waals surface area (Å²) in [7, 11) is 1.94. The Morgan fingerprint density at radius 3 is 2.50 bits per heavy atom. The summed E-state index contributed by atoms with van der Waals surface area (Å²) in [5.74, 6) is -0.747. The number of nitrogens with zero attached hydrogens (tertiary/aromatic N) is 3. The summed E-state index contributed by atoms with van der Waals surface area (Å²) >= 11 is 0. The number of aliphatic carboxylic acids is 1. The minimum atomic E-state index is -0.747. The Hall–Kier alpha value is -1.36. The van der Waals surface area contributed by atoms with Crippen LogP contribution in [0.4, 0.5) is 0 Å². The first-order valence-corrected chi connectivity index (χ1v) is 7.39. The molecule has 5 nitrogen and oxygen atoms in total. The third kappa shape index (κ3) is 2.87. The molecule has 5 heteroatoms. The Morgan fingerprint density at radius 2 is 2.05 bits per heavy atom. The van der Waals surface area contributed by atoms with Crippen LogP contribution < -0.4 is 0 Å². The van der Waals surface area contributed by atoms with Crippen LogP contribution in [0.3, 0.4) is 0 Å². The van der Waals surface area contributed by atoms with Gasteiger partial charge in [0.05, 0.1) is 12.2 Å². The van der Waals surface area contributed by atoms with Crippen LogP contribution in [0, 0.1) is 13.8 Å². The van der Waals surface area contributed by atoms with Crippen molar-refractivity contribution in [3.05, 3.63) is 17.0 Å². The fourth-order valence-electron chi connectivity index (χ4n) is 3.53. The van der Waals surface area contributed by atoms with E-state index in [0.717, 1.165) is 24.2 Å². The minimum absolute atomic E-state index is 0.0999. The highest BCUT2D eigenvalue weighted by atomic mass is 16.4. The molecule has 1 aromatic rings. The van der Waals surface area contributed by atoms with Crippen molar-refractivity contribution in [2.45, 2.75) is 58.5 Å². The number of aryl methyl sites for hydroxylation is 2. The van der Waals surface area contributed by atoms with Crippen LogP contribution in [0.2, 0.25) is 0 Å². The first kappa shape index (κ1) is 15.0. The monoisotopic (exact) mass is 279 g/mol. The highest BCUT2D eigenvalue weighted by Gasteiger charge is 2.31. The summed E-state index contributed by atoms with van der Waals surface area (Å²) in [6.07, 6.45) is 4.63. The molecule has 0 amide bonds. The highest BCUT2D eigenvalue weighted by Crippen LogP contribution is 2.33. The number of aromatic nitrogens is 2. The fourth-order valence-corrected chi connectivity index (χ4v) is 3.53. The Labute approximate surface area is 120 Å². The molecule has 1 heterocycles. The largest absolute Gasteiger partial charge is 0.480 e. The molecule has 1 aliphatic carbocycles. The van der Waals surface area contributed by atoms with Crippen LogP contribution in [-0.4, -0.2) is 38.3 Å². The van der Waals surface area contributed by atoms with Crippen LogP contribution in [-0.2, 0) is 11.8 Å². The van der Waals surface area contributed by atoms with E-state index < -0.39 is 5.97 Å². The van der Waals surface area contributed by atoms with Gasteiger partial charge in [0.25, 0.3) is 0 Å². The molecule has 0 aromatic carbocycles. The summed E-state index contributed by atoms with van der Waals surface area (Å²) in [5.41, 5.74) is 3.31. The maximum Gasteiger partial charge on any atom is 0.317 e. The zero-order chi connectivity index (χ0) is 14.9. The molecule has 1 aromatic heterocycles.